The first kappa shape index (κ1) is 13.5. The molecule has 1 aromatic carbocycles. The van der Waals surface area contributed by atoms with Gasteiger partial charge < -0.3 is 5.32 Å². The number of benzene rings is 1. The van der Waals surface area contributed by atoms with Crippen LogP contribution in [0.15, 0.2) is 30.3 Å². The topological polar surface area (TPSA) is 46.2 Å². The molecule has 0 aromatic heterocycles. The molecule has 0 atom stereocenters. The number of rotatable bonds is 5. The second-order valence-electron chi connectivity index (χ2n) is 4.94. The maximum atomic E-state index is 12.0. The van der Waals surface area contributed by atoms with Crippen molar-refractivity contribution in [3.8, 4) is 0 Å². The van der Waals surface area contributed by atoms with Gasteiger partial charge in [-0.3, -0.25) is 9.59 Å². The van der Waals surface area contributed by atoms with Gasteiger partial charge in [0, 0.05) is 12.1 Å². The first-order valence-corrected chi connectivity index (χ1v) is 6.72. The number of amides is 1. The van der Waals surface area contributed by atoms with Crippen LogP contribution in [0.25, 0.3) is 6.08 Å². The normalized spacial score (nSPS) is 15.8. The van der Waals surface area contributed by atoms with Crippen LogP contribution < -0.4 is 5.32 Å². The van der Waals surface area contributed by atoms with Crippen molar-refractivity contribution in [1.82, 2.24) is 0 Å². The lowest BCUT2D eigenvalue weighted by molar-refractivity contribution is -0.117. The van der Waals surface area contributed by atoms with Gasteiger partial charge in [0.15, 0.2) is 0 Å². The van der Waals surface area contributed by atoms with E-state index in [2.05, 4.69) is 5.32 Å². The molecule has 0 bridgehead atoms. The maximum Gasteiger partial charge on any atom is 0.225 e. The average molecular weight is 256 g/mol. The zero-order valence-corrected chi connectivity index (χ0v) is 10.9. The minimum atomic E-state index is 0.0582. The van der Waals surface area contributed by atoms with Crippen LogP contribution in [-0.4, -0.2) is 12.2 Å². The largest absolute Gasteiger partial charge is 0.326 e. The lowest BCUT2D eigenvalue weighted by Crippen LogP contribution is -2.15. The van der Waals surface area contributed by atoms with E-state index < -0.39 is 0 Å². The van der Waals surface area contributed by atoms with Crippen LogP contribution in [0.4, 0.5) is 5.69 Å². The molecule has 1 aromatic rings. The molecule has 3 heteroatoms. The maximum absolute atomic E-state index is 12.0. The molecule has 1 aliphatic rings. The highest BCUT2D eigenvalue weighted by molar-refractivity contribution is 5.93. The van der Waals surface area contributed by atoms with Crippen LogP contribution in [-0.2, 0) is 9.59 Å². The van der Waals surface area contributed by atoms with Gasteiger partial charge in [0.05, 0.1) is 0 Å². The molecule has 0 saturated heterocycles. The van der Waals surface area contributed by atoms with Gasteiger partial charge in [-0.05, 0) is 42.5 Å². The molecule has 1 amide bonds. The smallest absolute Gasteiger partial charge is 0.225 e. The van der Waals surface area contributed by atoms with Crippen LogP contribution in [0.3, 0.4) is 0 Å². The fourth-order valence-electron chi connectivity index (χ4n) is 2.56. The van der Waals surface area contributed by atoms with Crippen molar-refractivity contribution in [2.24, 2.45) is 5.92 Å². The van der Waals surface area contributed by atoms with Gasteiger partial charge in [-0.15, -0.1) is 0 Å². The summed E-state index contributed by atoms with van der Waals surface area (Å²) in [6, 6.07) is 7.44. The Morgan fingerprint density at radius 1 is 1.32 bits per heavy atom. The van der Waals surface area contributed by atoms with Crippen LogP contribution in [0.1, 0.15) is 37.7 Å². The van der Waals surface area contributed by atoms with Crippen molar-refractivity contribution < 1.29 is 9.59 Å². The number of hydrogen-bond donors (Lipinski definition) is 1. The highest BCUT2D eigenvalue weighted by Gasteiger charge is 2.18. The van der Waals surface area contributed by atoms with Crippen molar-refractivity contribution in [3.05, 3.63) is 35.9 Å². The molecule has 1 saturated carbocycles. The summed E-state index contributed by atoms with van der Waals surface area (Å²) < 4.78 is 0. The van der Waals surface area contributed by atoms with E-state index in [9.17, 15) is 9.59 Å². The van der Waals surface area contributed by atoms with Gasteiger partial charge in [-0.1, -0.05) is 31.0 Å². The monoisotopic (exact) mass is 256 g/mol. The first-order chi connectivity index (χ1) is 9.29. The Hall–Kier alpha value is -1.90. The van der Waals surface area contributed by atoms with Crippen molar-refractivity contribution in [1.29, 1.82) is 0 Å². The summed E-state index contributed by atoms with van der Waals surface area (Å²) in [5.41, 5.74) is 1.57. The van der Waals surface area contributed by atoms with Crippen molar-refractivity contribution in [2.45, 2.75) is 32.1 Å². The molecule has 1 radical (unpaired) electrons. The number of nitrogens with one attached hydrogen (secondary N) is 1. The van der Waals surface area contributed by atoms with Gasteiger partial charge >= 0.3 is 0 Å². The predicted molar refractivity (Wildman–Crippen MR) is 76.4 cm³/mol. The molecular formula is C16H18NO2. The number of carbonyl (C=O) groups excluding carboxylic acids is 2. The summed E-state index contributed by atoms with van der Waals surface area (Å²) >= 11 is 0. The molecule has 0 spiro atoms. The molecule has 0 heterocycles. The lowest BCUT2D eigenvalue weighted by Gasteiger charge is -2.11. The highest BCUT2D eigenvalue weighted by Crippen LogP contribution is 2.28. The average Bonchev–Trinajstić information content (AvgIpc) is 2.90. The fraction of sp³-hybridized carbons (Fsp3) is 0.375. The Morgan fingerprint density at radius 2 is 2.05 bits per heavy atom. The molecule has 0 aliphatic heterocycles. The zero-order chi connectivity index (χ0) is 13.5. The van der Waals surface area contributed by atoms with Crippen LogP contribution >= 0.6 is 0 Å². The molecule has 19 heavy (non-hydrogen) atoms. The van der Waals surface area contributed by atoms with Crippen molar-refractivity contribution in [3.63, 3.8) is 0 Å². The second-order valence-corrected chi connectivity index (χ2v) is 4.94. The van der Waals surface area contributed by atoms with E-state index >= 15 is 0 Å². The molecule has 99 valence electrons. The zero-order valence-electron chi connectivity index (χ0n) is 10.9. The number of allylic oxidation sites excluding steroid dienone is 1. The SMILES string of the molecule is O=[C]/C=C/c1ccccc1NC(=O)CC1CCCC1. The van der Waals surface area contributed by atoms with E-state index in [0.717, 1.165) is 24.1 Å². The summed E-state index contributed by atoms with van der Waals surface area (Å²) in [7, 11) is 0. The second kappa shape index (κ2) is 6.88. The summed E-state index contributed by atoms with van der Waals surface area (Å²) in [6.45, 7) is 0. The van der Waals surface area contributed by atoms with E-state index in [0.29, 0.717) is 12.3 Å². The standard InChI is InChI=1S/C16H18NO2/c18-11-5-9-14-8-3-4-10-15(14)17-16(19)12-13-6-1-2-7-13/h3-5,8-10,13H,1-2,6-7,12H2,(H,17,19)/b9-5+. The van der Waals surface area contributed by atoms with Crippen molar-refractivity contribution in [2.75, 3.05) is 5.32 Å². The Balaban J connectivity index is 1.99. The molecule has 2 rings (SSSR count). The van der Waals surface area contributed by atoms with E-state index in [-0.39, 0.29) is 5.91 Å². The number of para-hydroxylation sites is 1. The van der Waals surface area contributed by atoms with E-state index in [1.165, 1.54) is 18.9 Å². The van der Waals surface area contributed by atoms with Crippen LogP contribution in [0, 0.1) is 5.92 Å². The van der Waals surface area contributed by atoms with Crippen LogP contribution in [0.2, 0.25) is 0 Å². The van der Waals surface area contributed by atoms with Gasteiger partial charge in [0.25, 0.3) is 0 Å². The third-order valence-corrected chi connectivity index (χ3v) is 3.51. The Labute approximate surface area is 113 Å². The molecule has 1 N–H and O–H groups in total. The van der Waals surface area contributed by atoms with Crippen LogP contribution in [0.5, 0.6) is 0 Å². The third kappa shape index (κ3) is 4.05. The summed E-state index contributed by atoms with van der Waals surface area (Å²) in [6.07, 6.45) is 10.1. The van der Waals surface area contributed by atoms with Gasteiger partial charge in [-0.2, -0.15) is 0 Å². The first-order valence-electron chi connectivity index (χ1n) is 6.72. The van der Waals surface area contributed by atoms with E-state index in [1.807, 2.05) is 24.3 Å². The summed E-state index contributed by atoms with van der Waals surface area (Å²) in [5.74, 6) is 0.592. The Kier molecular flexibility index (Phi) is 4.90. The van der Waals surface area contributed by atoms with Gasteiger partial charge in [0.2, 0.25) is 12.2 Å². The number of anilines is 1. The summed E-state index contributed by atoms with van der Waals surface area (Å²) in [5, 5.41) is 2.93. The molecule has 1 aliphatic carbocycles. The van der Waals surface area contributed by atoms with Gasteiger partial charge in [-0.25, -0.2) is 0 Å². The number of carbonyl (C=O) groups is 1. The molecular weight excluding hydrogens is 238 g/mol. The van der Waals surface area contributed by atoms with E-state index in [4.69, 9.17) is 0 Å². The molecule has 1 fully saturated rings. The number of hydrogen-bond acceptors (Lipinski definition) is 2. The highest BCUT2D eigenvalue weighted by atomic mass is 16.1. The Bertz CT molecular complexity index is 473. The van der Waals surface area contributed by atoms with E-state index in [1.54, 1.807) is 12.4 Å². The lowest BCUT2D eigenvalue weighted by atomic mass is 10.0. The quantitative estimate of drug-likeness (QED) is 0.821. The summed E-state index contributed by atoms with van der Waals surface area (Å²) in [4.78, 5) is 22.2. The van der Waals surface area contributed by atoms with Gasteiger partial charge in [0.1, 0.15) is 0 Å². The molecule has 0 unspecified atom stereocenters. The minimum absolute atomic E-state index is 0.0582. The molecule has 3 nitrogen and oxygen atoms in total. The third-order valence-electron chi connectivity index (χ3n) is 3.51. The predicted octanol–water partition coefficient (Wildman–Crippen LogP) is 3.33. The Morgan fingerprint density at radius 3 is 2.79 bits per heavy atom. The fourth-order valence-corrected chi connectivity index (χ4v) is 2.56. The van der Waals surface area contributed by atoms with Crippen molar-refractivity contribution >= 4 is 24.0 Å². The minimum Gasteiger partial charge on any atom is -0.326 e.